The number of aromatic nitrogens is 3. The second-order valence-corrected chi connectivity index (χ2v) is 7.23. The Labute approximate surface area is 157 Å². The molecule has 27 heavy (non-hydrogen) atoms. The number of hydrogen-bond acceptors (Lipinski definition) is 5. The van der Waals surface area contributed by atoms with Crippen LogP contribution in [0.2, 0.25) is 0 Å². The van der Waals surface area contributed by atoms with Crippen LogP contribution in [0.5, 0.6) is 0 Å². The van der Waals surface area contributed by atoms with Crippen LogP contribution in [-0.2, 0) is 4.79 Å². The first-order valence-corrected chi connectivity index (χ1v) is 9.47. The zero-order chi connectivity index (χ0) is 18.8. The number of likely N-dealkylation sites (tertiary alicyclic amines) is 1. The summed E-state index contributed by atoms with van der Waals surface area (Å²) in [7, 11) is 0. The van der Waals surface area contributed by atoms with Crippen LogP contribution in [0.1, 0.15) is 42.5 Å². The summed E-state index contributed by atoms with van der Waals surface area (Å²) < 4.78 is 0. The number of fused-ring (bicyclic) bond motifs is 1. The van der Waals surface area contributed by atoms with Gasteiger partial charge in [-0.2, -0.15) is 0 Å². The number of amides is 2. The van der Waals surface area contributed by atoms with Gasteiger partial charge in [0.1, 0.15) is 11.3 Å². The highest BCUT2D eigenvalue weighted by Crippen LogP contribution is 2.22. The minimum absolute atomic E-state index is 0.0522. The first kappa shape index (κ1) is 17.5. The number of nitrogens with zero attached hydrogens (tertiary/aromatic N) is 3. The largest absolute Gasteiger partial charge is 0.364 e. The van der Waals surface area contributed by atoms with Crippen molar-refractivity contribution in [3.63, 3.8) is 0 Å². The normalized spacial score (nSPS) is 20.1. The highest BCUT2D eigenvalue weighted by atomic mass is 16.2. The van der Waals surface area contributed by atoms with Crippen molar-refractivity contribution in [2.45, 2.75) is 44.2 Å². The van der Waals surface area contributed by atoms with E-state index < -0.39 is 0 Å². The van der Waals surface area contributed by atoms with Crippen LogP contribution < -0.4 is 10.6 Å². The Balaban J connectivity index is 1.49. The fourth-order valence-electron chi connectivity index (χ4n) is 3.58. The fraction of sp³-hybridized carbons (Fsp3) is 0.474. The van der Waals surface area contributed by atoms with E-state index in [1.165, 1.54) is 12.5 Å². The third kappa shape index (κ3) is 3.65. The van der Waals surface area contributed by atoms with E-state index in [1.807, 2.05) is 0 Å². The quantitative estimate of drug-likeness (QED) is 0.699. The summed E-state index contributed by atoms with van der Waals surface area (Å²) >= 11 is 0. The maximum absolute atomic E-state index is 12.5. The van der Waals surface area contributed by atoms with Crippen LogP contribution in [-0.4, -0.2) is 56.8 Å². The molecule has 0 spiro atoms. The molecule has 0 bridgehead atoms. The number of piperidine rings is 1. The van der Waals surface area contributed by atoms with E-state index in [2.05, 4.69) is 32.2 Å². The highest BCUT2D eigenvalue weighted by molar-refractivity contribution is 6.04. The topological polar surface area (TPSA) is 103 Å². The van der Waals surface area contributed by atoms with Gasteiger partial charge < -0.3 is 20.5 Å². The molecule has 142 valence electrons. The molecule has 1 aliphatic heterocycles. The summed E-state index contributed by atoms with van der Waals surface area (Å²) in [6.07, 6.45) is 9.77. The van der Waals surface area contributed by atoms with E-state index in [0.29, 0.717) is 29.1 Å². The zero-order valence-electron chi connectivity index (χ0n) is 15.2. The Hall–Kier alpha value is -2.90. The zero-order valence-corrected chi connectivity index (χ0v) is 15.2. The van der Waals surface area contributed by atoms with Crippen LogP contribution >= 0.6 is 0 Å². The van der Waals surface area contributed by atoms with Gasteiger partial charge in [-0.05, 0) is 38.2 Å². The van der Waals surface area contributed by atoms with E-state index in [-0.39, 0.29) is 23.9 Å². The van der Waals surface area contributed by atoms with E-state index in [1.54, 1.807) is 17.3 Å². The lowest BCUT2D eigenvalue weighted by molar-refractivity contribution is -0.127. The lowest BCUT2D eigenvalue weighted by atomic mass is 9.93. The number of hydrogen-bond donors (Lipinski definition) is 3. The van der Waals surface area contributed by atoms with Gasteiger partial charge in [-0.3, -0.25) is 9.59 Å². The summed E-state index contributed by atoms with van der Waals surface area (Å²) in [5.41, 5.74) is 1.67. The molecule has 1 saturated carbocycles. The highest BCUT2D eigenvalue weighted by Gasteiger charge is 2.24. The van der Waals surface area contributed by atoms with Gasteiger partial charge in [0.15, 0.2) is 5.65 Å². The van der Waals surface area contributed by atoms with Gasteiger partial charge in [-0.1, -0.05) is 6.58 Å². The van der Waals surface area contributed by atoms with Gasteiger partial charge in [-0.15, -0.1) is 0 Å². The third-order valence-corrected chi connectivity index (χ3v) is 5.33. The Morgan fingerprint density at radius 1 is 1.26 bits per heavy atom. The number of H-pyrrole nitrogens is 1. The molecule has 2 amide bonds. The molecule has 1 aliphatic carbocycles. The number of anilines is 1. The molecule has 0 radical (unpaired) electrons. The fourth-order valence-corrected chi connectivity index (χ4v) is 3.58. The van der Waals surface area contributed by atoms with Crippen molar-refractivity contribution in [1.29, 1.82) is 0 Å². The van der Waals surface area contributed by atoms with Crippen LogP contribution in [0.15, 0.2) is 25.0 Å². The second-order valence-electron chi connectivity index (χ2n) is 7.23. The minimum atomic E-state index is -0.113. The standard InChI is InChI=1S/C19H24N6O2/c1-2-16(26)25-8-4-7-13(11-25)22-15-10-21-18-17(24-15)14(9-20-18)19(27)23-12-5-3-6-12/h2,9-10,12-13H,1,3-8,11H2,(H,20,21)(H,22,24)(H,23,27). The van der Waals surface area contributed by atoms with Crippen molar-refractivity contribution in [3.8, 4) is 0 Å². The predicted octanol–water partition coefficient (Wildman–Crippen LogP) is 1.83. The lowest BCUT2D eigenvalue weighted by Gasteiger charge is -2.32. The van der Waals surface area contributed by atoms with Crippen molar-refractivity contribution in [1.82, 2.24) is 25.2 Å². The molecular formula is C19H24N6O2. The predicted molar refractivity (Wildman–Crippen MR) is 102 cm³/mol. The summed E-state index contributed by atoms with van der Waals surface area (Å²) in [4.78, 5) is 38.1. The number of carbonyl (C=O) groups is 2. The lowest BCUT2D eigenvalue weighted by Crippen LogP contribution is -2.44. The molecule has 2 aromatic heterocycles. The van der Waals surface area contributed by atoms with E-state index in [4.69, 9.17) is 0 Å². The second kappa shape index (κ2) is 7.38. The summed E-state index contributed by atoms with van der Waals surface area (Å²) in [5.74, 6) is 0.444. The van der Waals surface area contributed by atoms with Crippen LogP contribution in [0.4, 0.5) is 5.82 Å². The number of nitrogens with one attached hydrogen (secondary N) is 3. The van der Waals surface area contributed by atoms with Crippen molar-refractivity contribution < 1.29 is 9.59 Å². The molecule has 4 rings (SSSR count). The van der Waals surface area contributed by atoms with Crippen LogP contribution in [0.3, 0.4) is 0 Å². The van der Waals surface area contributed by atoms with Crippen molar-refractivity contribution in [2.24, 2.45) is 0 Å². The minimum Gasteiger partial charge on any atom is -0.364 e. The number of carbonyl (C=O) groups excluding carboxylic acids is 2. The first-order valence-electron chi connectivity index (χ1n) is 9.47. The molecule has 3 N–H and O–H groups in total. The molecule has 3 heterocycles. The number of rotatable bonds is 5. The van der Waals surface area contributed by atoms with Gasteiger partial charge in [0.2, 0.25) is 5.91 Å². The summed E-state index contributed by atoms with van der Waals surface area (Å²) in [6, 6.07) is 0.368. The Morgan fingerprint density at radius 3 is 2.81 bits per heavy atom. The van der Waals surface area contributed by atoms with Crippen molar-refractivity contribution in [3.05, 3.63) is 30.6 Å². The molecule has 1 atom stereocenters. The molecule has 8 nitrogen and oxygen atoms in total. The van der Waals surface area contributed by atoms with Crippen molar-refractivity contribution >= 4 is 28.8 Å². The van der Waals surface area contributed by atoms with E-state index in [0.717, 1.165) is 32.2 Å². The average Bonchev–Trinajstić information content (AvgIpc) is 3.07. The monoisotopic (exact) mass is 368 g/mol. The third-order valence-electron chi connectivity index (χ3n) is 5.33. The average molecular weight is 368 g/mol. The molecule has 2 aliphatic rings. The Bertz CT molecular complexity index is 872. The molecule has 1 saturated heterocycles. The van der Waals surface area contributed by atoms with Crippen LogP contribution in [0.25, 0.3) is 11.2 Å². The molecular weight excluding hydrogens is 344 g/mol. The van der Waals surface area contributed by atoms with Gasteiger partial charge >= 0.3 is 0 Å². The first-order chi connectivity index (χ1) is 13.1. The van der Waals surface area contributed by atoms with Crippen molar-refractivity contribution in [2.75, 3.05) is 18.4 Å². The van der Waals surface area contributed by atoms with Gasteiger partial charge in [-0.25, -0.2) is 9.97 Å². The van der Waals surface area contributed by atoms with Crippen LogP contribution in [0, 0.1) is 0 Å². The van der Waals surface area contributed by atoms with E-state index in [9.17, 15) is 9.59 Å². The Kier molecular flexibility index (Phi) is 4.79. The molecule has 0 aromatic carbocycles. The maximum Gasteiger partial charge on any atom is 0.255 e. The van der Waals surface area contributed by atoms with Gasteiger partial charge in [0.25, 0.3) is 5.91 Å². The molecule has 2 fully saturated rings. The maximum atomic E-state index is 12.5. The summed E-state index contributed by atoms with van der Waals surface area (Å²) in [5, 5.41) is 6.39. The molecule has 1 unspecified atom stereocenters. The Morgan fingerprint density at radius 2 is 2.07 bits per heavy atom. The van der Waals surface area contributed by atoms with E-state index >= 15 is 0 Å². The molecule has 8 heteroatoms. The van der Waals surface area contributed by atoms with Gasteiger partial charge in [0.05, 0.1) is 11.8 Å². The summed E-state index contributed by atoms with van der Waals surface area (Å²) in [6.45, 7) is 4.91. The smallest absolute Gasteiger partial charge is 0.255 e. The van der Waals surface area contributed by atoms with Gasteiger partial charge in [0, 0.05) is 31.4 Å². The SMILES string of the molecule is C=CC(=O)N1CCCC(Nc2cnc3[nH]cc(C(=O)NC4CCC4)c3n2)C1. The number of aromatic amines is 1. The molecule has 2 aromatic rings.